The van der Waals surface area contributed by atoms with E-state index in [0.717, 1.165) is 57.3 Å². The quantitative estimate of drug-likeness (QED) is 0.559. The van der Waals surface area contributed by atoms with Crippen LogP contribution in [0.15, 0.2) is 24.3 Å². The maximum absolute atomic E-state index is 10.3. The Morgan fingerprint density at radius 2 is 1.90 bits per heavy atom. The molecule has 1 amide bonds. The molecule has 1 aromatic rings. The number of benzene rings is 1. The van der Waals surface area contributed by atoms with Gasteiger partial charge in [0.25, 0.3) is 0 Å². The number of nitrogens with zero attached hydrogens (tertiary/aromatic N) is 1. The molecule has 1 saturated heterocycles. The van der Waals surface area contributed by atoms with Crippen molar-refractivity contribution in [2.75, 3.05) is 44.8 Å². The molecule has 0 bridgehead atoms. The van der Waals surface area contributed by atoms with Crippen LogP contribution in [0.25, 0.3) is 0 Å². The molecule has 21 heavy (non-hydrogen) atoms. The molecule has 0 aromatic heterocycles. The lowest BCUT2D eigenvalue weighted by Gasteiger charge is -2.26. The monoisotopic (exact) mass is 292 g/mol. The largest absolute Gasteiger partial charge is 0.494 e. The summed E-state index contributed by atoms with van der Waals surface area (Å²) in [6.45, 7) is 5.78. The van der Waals surface area contributed by atoms with Crippen molar-refractivity contribution >= 4 is 12.1 Å². The van der Waals surface area contributed by atoms with E-state index in [4.69, 9.17) is 9.47 Å². The summed E-state index contributed by atoms with van der Waals surface area (Å²) >= 11 is 0. The Labute approximate surface area is 126 Å². The molecule has 5 nitrogen and oxygen atoms in total. The second kappa shape index (κ2) is 9.37. The molecule has 2 rings (SSSR count). The fraction of sp³-hybridized carbons (Fsp3) is 0.562. The van der Waals surface area contributed by atoms with Gasteiger partial charge in [0, 0.05) is 18.8 Å². The third-order valence-corrected chi connectivity index (χ3v) is 3.57. The Morgan fingerprint density at radius 1 is 1.14 bits per heavy atom. The first-order chi connectivity index (χ1) is 10.4. The van der Waals surface area contributed by atoms with Crippen LogP contribution in [0.2, 0.25) is 0 Å². The van der Waals surface area contributed by atoms with Crippen molar-refractivity contribution in [1.29, 1.82) is 0 Å². The van der Waals surface area contributed by atoms with Gasteiger partial charge < -0.3 is 14.8 Å². The van der Waals surface area contributed by atoms with E-state index in [1.807, 2.05) is 24.3 Å². The molecule has 5 heteroatoms. The van der Waals surface area contributed by atoms with E-state index in [-0.39, 0.29) is 0 Å². The second-order valence-corrected chi connectivity index (χ2v) is 5.15. The van der Waals surface area contributed by atoms with Crippen LogP contribution in [0.5, 0.6) is 5.75 Å². The predicted octanol–water partition coefficient (Wildman–Crippen LogP) is 2.14. The van der Waals surface area contributed by atoms with Crippen molar-refractivity contribution in [2.24, 2.45) is 0 Å². The zero-order chi connectivity index (χ0) is 14.8. The van der Waals surface area contributed by atoms with E-state index in [2.05, 4.69) is 10.2 Å². The summed E-state index contributed by atoms with van der Waals surface area (Å²) in [7, 11) is 0. The standard InChI is InChI=1S/C16H24N2O3/c19-14-17-15-4-6-16(7-5-15)21-11-3-1-2-8-18-9-12-20-13-10-18/h4-7,14H,1-3,8-13H2,(H,17,19). The van der Waals surface area contributed by atoms with Crippen LogP contribution >= 0.6 is 0 Å². The van der Waals surface area contributed by atoms with Crippen LogP contribution in [0, 0.1) is 0 Å². The lowest BCUT2D eigenvalue weighted by Crippen LogP contribution is -2.36. The van der Waals surface area contributed by atoms with Gasteiger partial charge >= 0.3 is 0 Å². The number of hydrogen-bond donors (Lipinski definition) is 1. The fourth-order valence-corrected chi connectivity index (χ4v) is 2.34. The van der Waals surface area contributed by atoms with Crippen LogP contribution in [0.3, 0.4) is 0 Å². The maximum Gasteiger partial charge on any atom is 0.211 e. The third kappa shape index (κ3) is 6.14. The van der Waals surface area contributed by atoms with Crippen molar-refractivity contribution in [1.82, 2.24) is 4.90 Å². The average molecular weight is 292 g/mol. The van der Waals surface area contributed by atoms with Crippen molar-refractivity contribution < 1.29 is 14.3 Å². The summed E-state index contributed by atoms with van der Waals surface area (Å²) in [5.41, 5.74) is 0.780. The Balaban J connectivity index is 1.51. The molecule has 1 aliphatic heterocycles. The molecule has 0 spiro atoms. The number of carbonyl (C=O) groups is 1. The lowest BCUT2D eigenvalue weighted by atomic mass is 10.2. The Kier molecular flexibility index (Phi) is 7.04. The number of nitrogens with one attached hydrogen (secondary N) is 1. The molecule has 1 aliphatic rings. The minimum absolute atomic E-state index is 0.671. The lowest BCUT2D eigenvalue weighted by molar-refractivity contribution is -0.105. The van der Waals surface area contributed by atoms with Crippen molar-refractivity contribution in [3.63, 3.8) is 0 Å². The molecule has 1 fully saturated rings. The smallest absolute Gasteiger partial charge is 0.211 e. The topological polar surface area (TPSA) is 50.8 Å². The second-order valence-electron chi connectivity index (χ2n) is 5.15. The summed E-state index contributed by atoms with van der Waals surface area (Å²) in [6, 6.07) is 7.42. The van der Waals surface area contributed by atoms with E-state index in [9.17, 15) is 4.79 Å². The van der Waals surface area contributed by atoms with Gasteiger partial charge in [-0.2, -0.15) is 0 Å². The van der Waals surface area contributed by atoms with Gasteiger partial charge in [-0.25, -0.2) is 0 Å². The van der Waals surface area contributed by atoms with Gasteiger partial charge in [0.2, 0.25) is 6.41 Å². The number of ether oxygens (including phenoxy) is 2. The summed E-state index contributed by atoms with van der Waals surface area (Å²) in [6.07, 6.45) is 4.14. The van der Waals surface area contributed by atoms with Crippen molar-refractivity contribution in [2.45, 2.75) is 19.3 Å². The van der Waals surface area contributed by atoms with Gasteiger partial charge in [-0.3, -0.25) is 9.69 Å². The van der Waals surface area contributed by atoms with E-state index in [1.54, 1.807) is 0 Å². The first-order valence-corrected chi connectivity index (χ1v) is 7.61. The molecular formula is C16H24N2O3. The number of amides is 1. The summed E-state index contributed by atoms with van der Waals surface area (Å²) in [5.74, 6) is 0.847. The van der Waals surface area contributed by atoms with Crippen LogP contribution in [0.1, 0.15) is 19.3 Å². The highest BCUT2D eigenvalue weighted by molar-refractivity contribution is 5.71. The van der Waals surface area contributed by atoms with E-state index < -0.39 is 0 Å². The zero-order valence-corrected chi connectivity index (χ0v) is 12.4. The van der Waals surface area contributed by atoms with Crippen LogP contribution in [0.4, 0.5) is 5.69 Å². The van der Waals surface area contributed by atoms with Crippen molar-refractivity contribution in [3.05, 3.63) is 24.3 Å². The van der Waals surface area contributed by atoms with Gasteiger partial charge in [-0.15, -0.1) is 0 Å². The molecule has 0 radical (unpaired) electrons. The molecule has 116 valence electrons. The Bertz CT molecular complexity index is 402. The predicted molar refractivity (Wildman–Crippen MR) is 82.7 cm³/mol. The van der Waals surface area contributed by atoms with Gasteiger partial charge in [0.05, 0.1) is 19.8 Å². The number of rotatable bonds is 9. The fourth-order valence-electron chi connectivity index (χ4n) is 2.34. The third-order valence-electron chi connectivity index (χ3n) is 3.57. The normalized spacial score (nSPS) is 15.6. The number of anilines is 1. The number of morpholine rings is 1. The molecule has 0 unspecified atom stereocenters. The minimum atomic E-state index is 0.671. The first kappa shape index (κ1) is 15.8. The van der Waals surface area contributed by atoms with Crippen LogP contribution in [-0.4, -0.2) is 50.8 Å². The van der Waals surface area contributed by atoms with E-state index in [0.29, 0.717) is 6.41 Å². The Hall–Kier alpha value is -1.59. The molecular weight excluding hydrogens is 268 g/mol. The SMILES string of the molecule is O=CNc1ccc(OCCCCCN2CCOCC2)cc1. The molecule has 0 aliphatic carbocycles. The van der Waals surface area contributed by atoms with E-state index >= 15 is 0 Å². The molecule has 1 heterocycles. The highest BCUT2D eigenvalue weighted by atomic mass is 16.5. The van der Waals surface area contributed by atoms with Crippen LogP contribution in [-0.2, 0) is 9.53 Å². The van der Waals surface area contributed by atoms with Crippen LogP contribution < -0.4 is 10.1 Å². The maximum atomic E-state index is 10.3. The van der Waals surface area contributed by atoms with Gasteiger partial charge in [-0.1, -0.05) is 0 Å². The highest BCUT2D eigenvalue weighted by Gasteiger charge is 2.08. The minimum Gasteiger partial charge on any atom is -0.494 e. The highest BCUT2D eigenvalue weighted by Crippen LogP contribution is 2.15. The van der Waals surface area contributed by atoms with Gasteiger partial charge in [0.15, 0.2) is 0 Å². The van der Waals surface area contributed by atoms with E-state index in [1.165, 1.54) is 12.8 Å². The number of hydrogen-bond acceptors (Lipinski definition) is 4. The summed E-state index contributed by atoms with van der Waals surface area (Å²) in [5, 5.41) is 2.60. The van der Waals surface area contributed by atoms with Gasteiger partial charge in [-0.05, 0) is 50.1 Å². The van der Waals surface area contributed by atoms with Crippen molar-refractivity contribution in [3.8, 4) is 5.75 Å². The average Bonchev–Trinajstić information content (AvgIpc) is 2.53. The molecule has 0 saturated carbocycles. The molecule has 1 aromatic carbocycles. The first-order valence-electron chi connectivity index (χ1n) is 7.61. The molecule has 1 N–H and O–H groups in total. The number of unbranched alkanes of at least 4 members (excludes halogenated alkanes) is 2. The number of carbonyl (C=O) groups excluding carboxylic acids is 1. The summed E-state index contributed by atoms with van der Waals surface area (Å²) in [4.78, 5) is 12.8. The summed E-state index contributed by atoms with van der Waals surface area (Å²) < 4.78 is 11.0. The van der Waals surface area contributed by atoms with Gasteiger partial charge in [0.1, 0.15) is 5.75 Å². The molecule has 0 atom stereocenters. The Morgan fingerprint density at radius 3 is 2.62 bits per heavy atom. The zero-order valence-electron chi connectivity index (χ0n) is 12.4.